The highest BCUT2D eigenvalue weighted by Gasteiger charge is 2.19. The number of carbonyl (C=O) groups is 2. The van der Waals surface area contributed by atoms with Crippen LogP contribution in [0.2, 0.25) is 0 Å². The Morgan fingerprint density at radius 1 is 1.42 bits per heavy atom. The Morgan fingerprint density at radius 3 is 2.63 bits per heavy atom. The minimum Gasteiger partial charge on any atom is -0.481 e. The van der Waals surface area contributed by atoms with Gasteiger partial charge >= 0.3 is 5.97 Å². The molecule has 1 rings (SSSR count). The van der Waals surface area contributed by atoms with Crippen molar-refractivity contribution >= 4 is 11.9 Å². The molecule has 0 atom stereocenters. The number of amides is 1. The highest BCUT2D eigenvalue weighted by atomic mass is 16.4. The van der Waals surface area contributed by atoms with Crippen LogP contribution in [-0.2, 0) is 4.79 Å². The van der Waals surface area contributed by atoms with Crippen molar-refractivity contribution in [2.45, 2.75) is 26.3 Å². The summed E-state index contributed by atoms with van der Waals surface area (Å²) in [6.45, 7) is 3.81. The largest absolute Gasteiger partial charge is 0.481 e. The standard InChI is InChI=1S/C14H16N2O3/c1-10(2)16(7-6-13(17)18)14(19)12-5-3-4-11(8-12)9-15/h3-5,8,10H,6-7H2,1-2H3,(H,17,18). The van der Waals surface area contributed by atoms with E-state index in [0.717, 1.165) is 0 Å². The van der Waals surface area contributed by atoms with Crippen LogP contribution in [0.1, 0.15) is 36.2 Å². The summed E-state index contributed by atoms with van der Waals surface area (Å²) >= 11 is 0. The summed E-state index contributed by atoms with van der Waals surface area (Å²) in [4.78, 5) is 24.4. The minimum atomic E-state index is -0.941. The molecule has 19 heavy (non-hydrogen) atoms. The van der Waals surface area contributed by atoms with E-state index in [0.29, 0.717) is 11.1 Å². The molecule has 0 aliphatic carbocycles. The molecule has 0 bridgehead atoms. The molecule has 1 aromatic carbocycles. The number of hydrogen-bond acceptors (Lipinski definition) is 3. The molecular weight excluding hydrogens is 244 g/mol. The first kappa shape index (κ1) is 14.7. The summed E-state index contributed by atoms with van der Waals surface area (Å²) in [5.41, 5.74) is 0.811. The number of aliphatic carboxylic acids is 1. The van der Waals surface area contributed by atoms with Gasteiger partial charge in [-0.25, -0.2) is 0 Å². The van der Waals surface area contributed by atoms with Crippen molar-refractivity contribution in [2.24, 2.45) is 0 Å². The predicted octanol–water partition coefficient (Wildman–Crippen LogP) is 1.88. The fraction of sp³-hybridized carbons (Fsp3) is 0.357. The van der Waals surface area contributed by atoms with Crippen molar-refractivity contribution in [3.63, 3.8) is 0 Å². The second-order valence-corrected chi connectivity index (χ2v) is 4.43. The summed E-state index contributed by atoms with van der Waals surface area (Å²) in [5.74, 6) is -1.20. The predicted molar refractivity (Wildman–Crippen MR) is 69.6 cm³/mol. The maximum Gasteiger partial charge on any atom is 0.305 e. The SMILES string of the molecule is CC(C)N(CCC(=O)O)C(=O)c1cccc(C#N)c1. The molecule has 0 aliphatic heterocycles. The Morgan fingerprint density at radius 2 is 2.11 bits per heavy atom. The molecule has 5 nitrogen and oxygen atoms in total. The van der Waals surface area contributed by atoms with Gasteiger partial charge in [0, 0.05) is 18.2 Å². The van der Waals surface area contributed by atoms with Crippen molar-refractivity contribution in [2.75, 3.05) is 6.54 Å². The highest BCUT2D eigenvalue weighted by Crippen LogP contribution is 2.11. The molecule has 1 N–H and O–H groups in total. The van der Waals surface area contributed by atoms with Gasteiger partial charge in [0.25, 0.3) is 5.91 Å². The van der Waals surface area contributed by atoms with Crippen LogP contribution in [-0.4, -0.2) is 34.5 Å². The molecular formula is C14H16N2O3. The molecule has 1 amide bonds. The van der Waals surface area contributed by atoms with Gasteiger partial charge in [-0.3, -0.25) is 9.59 Å². The molecule has 5 heteroatoms. The number of carboxylic acid groups (broad SMARTS) is 1. The molecule has 1 aromatic rings. The van der Waals surface area contributed by atoms with Gasteiger partial charge in [-0.1, -0.05) is 6.07 Å². The van der Waals surface area contributed by atoms with Crippen LogP contribution in [0.3, 0.4) is 0 Å². The first-order valence-electron chi connectivity index (χ1n) is 5.98. The number of nitrogens with zero attached hydrogens (tertiary/aromatic N) is 2. The normalized spacial score (nSPS) is 10.0. The number of benzene rings is 1. The maximum atomic E-state index is 12.3. The van der Waals surface area contributed by atoms with Crippen LogP contribution >= 0.6 is 0 Å². The Balaban J connectivity index is 2.92. The smallest absolute Gasteiger partial charge is 0.305 e. The Hall–Kier alpha value is -2.35. The zero-order valence-electron chi connectivity index (χ0n) is 11.0. The molecule has 0 fully saturated rings. The second kappa shape index (κ2) is 6.55. The van der Waals surface area contributed by atoms with Gasteiger partial charge in [-0.2, -0.15) is 5.26 Å². The highest BCUT2D eigenvalue weighted by molar-refractivity contribution is 5.94. The summed E-state index contributed by atoms with van der Waals surface area (Å²) in [5, 5.41) is 17.5. The first-order valence-corrected chi connectivity index (χ1v) is 5.98. The van der Waals surface area contributed by atoms with Crippen LogP contribution in [0.25, 0.3) is 0 Å². The lowest BCUT2D eigenvalue weighted by atomic mass is 10.1. The van der Waals surface area contributed by atoms with Crippen molar-refractivity contribution in [3.05, 3.63) is 35.4 Å². The Bertz CT molecular complexity index is 518. The minimum absolute atomic E-state index is 0.0954. The topological polar surface area (TPSA) is 81.4 Å². The molecule has 0 aromatic heterocycles. The van der Waals surface area contributed by atoms with E-state index in [-0.39, 0.29) is 24.9 Å². The van der Waals surface area contributed by atoms with Gasteiger partial charge in [0.15, 0.2) is 0 Å². The van der Waals surface area contributed by atoms with Crippen LogP contribution in [0.5, 0.6) is 0 Å². The molecule has 0 spiro atoms. The Labute approximate surface area is 112 Å². The molecule has 0 unspecified atom stereocenters. The van der Waals surface area contributed by atoms with E-state index < -0.39 is 5.97 Å². The van der Waals surface area contributed by atoms with Gasteiger partial charge in [-0.15, -0.1) is 0 Å². The number of carbonyl (C=O) groups excluding carboxylic acids is 1. The number of rotatable bonds is 5. The fourth-order valence-electron chi connectivity index (χ4n) is 1.70. The Kier molecular flexibility index (Phi) is 5.07. The average Bonchev–Trinajstić information content (AvgIpc) is 2.38. The van der Waals surface area contributed by atoms with E-state index in [2.05, 4.69) is 0 Å². The first-order chi connectivity index (χ1) is 8.95. The molecule has 0 saturated carbocycles. The van der Waals surface area contributed by atoms with Crippen LogP contribution in [0.15, 0.2) is 24.3 Å². The van der Waals surface area contributed by atoms with E-state index in [4.69, 9.17) is 10.4 Å². The average molecular weight is 260 g/mol. The number of nitriles is 1. The summed E-state index contributed by atoms with van der Waals surface area (Å²) in [7, 11) is 0. The zero-order valence-corrected chi connectivity index (χ0v) is 11.0. The maximum absolute atomic E-state index is 12.3. The third-order valence-electron chi connectivity index (χ3n) is 2.69. The summed E-state index contributed by atoms with van der Waals surface area (Å²) < 4.78 is 0. The van der Waals surface area contributed by atoms with Crippen molar-refractivity contribution in [1.82, 2.24) is 4.90 Å². The van der Waals surface area contributed by atoms with Crippen molar-refractivity contribution in [3.8, 4) is 6.07 Å². The second-order valence-electron chi connectivity index (χ2n) is 4.43. The monoisotopic (exact) mass is 260 g/mol. The van der Waals surface area contributed by atoms with Gasteiger partial charge in [-0.05, 0) is 32.0 Å². The summed E-state index contributed by atoms with van der Waals surface area (Å²) in [6.07, 6.45) is -0.0954. The van der Waals surface area contributed by atoms with E-state index in [1.807, 2.05) is 19.9 Å². The van der Waals surface area contributed by atoms with Crippen molar-refractivity contribution in [1.29, 1.82) is 5.26 Å². The van der Waals surface area contributed by atoms with Crippen molar-refractivity contribution < 1.29 is 14.7 Å². The molecule has 0 radical (unpaired) electrons. The molecule has 0 heterocycles. The summed E-state index contributed by atoms with van der Waals surface area (Å²) in [6, 6.07) is 8.27. The number of hydrogen-bond donors (Lipinski definition) is 1. The fourth-order valence-corrected chi connectivity index (χ4v) is 1.70. The lowest BCUT2D eigenvalue weighted by molar-refractivity contribution is -0.137. The lowest BCUT2D eigenvalue weighted by Gasteiger charge is -2.26. The number of carboxylic acids is 1. The third-order valence-corrected chi connectivity index (χ3v) is 2.69. The lowest BCUT2D eigenvalue weighted by Crippen LogP contribution is -2.38. The van der Waals surface area contributed by atoms with E-state index in [9.17, 15) is 9.59 Å². The van der Waals surface area contributed by atoms with E-state index >= 15 is 0 Å². The van der Waals surface area contributed by atoms with Gasteiger partial charge in [0.1, 0.15) is 0 Å². The van der Waals surface area contributed by atoms with E-state index in [1.165, 1.54) is 11.0 Å². The van der Waals surface area contributed by atoms with Gasteiger partial charge in [0.2, 0.25) is 0 Å². The van der Waals surface area contributed by atoms with Gasteiger partial charge in [0.05, 0.1) is 18.1 Å². The third kappa shape index (κ3) is 4.11. The van der Waals surface area contributed by atoms with E-state index in [1.54, 1.807) is 18.2 Å². The zero-order chi connectivity index (χ0) is 14.4. The molecule has 0 saturated heterocycles. The van der Waals surface area contributed by atoms with Crippen LogP contribution in [0.4, 0.5) is 0 Å². The molecule has 100 valence electrons. The quantitative estimate of drug-likeness (QED) is 0.876. The van der Waals surface area contributed by atoms with Crippen LogP contribution < -0.4 is 0 Å². The molecule has 0 aliphatic rings. The van der Waals surface area contributed by atoms with Gasteiger partial charge < -0.3 is 10.0 Å². The van der Waals surface area contributed by atoms with Crippen LogP contribution in [0, 0.1) is 11.3 Å².